The molecule has 0 fully saturated rings. The predicted octanol–water partition coefficient (Wildman–Crippen LogP) is 2.57. The molecular formula is C18H22N2O2. The van der Waals surface area contributed by atoms with Gasteiger partial charge in [0.1, 0.15) is 0 Å². The first-order valence-electron chi connectivity index (χ1n) is 7.36. The van der Waals surface area contributed by atoms with Crippen molar-refractivity contribution in [2.45, 2.75) is 20.0 Å². The third-order valence-electron chi connectivity index (χ3n) is 3.35. The lowest BCUT2D eigenvalue weighted by atomic mass is 10.1. The second-order valence-corrected chi connectivity index (χ2v) is 5.46. The normalized spacial score (nSPS) is 11.8. The Balaban J connectivity index is 1.78. The highest BCUT2D eigenvalue weighted by Gasteiger charge is 2.09. The summed E-state index contributed by atoms with van der Waals surface area (Å²) < 4.78 is 0. The summed E-state index contributed by atoms with van der Waals surface area (Å²) >= 11 is 0. The number of carbonyl (C=O) groups excluding carboxylic acids is 1. The minimum atomic E-state index is -0.689. The van der Waals surface area contributed by atoms with Crippen LogP contribution in [0, 0.1) is 13.8 Å². The summed E-state index contributed by atoms with van der Waals surface area (Å²) in [6.45, 7) is 4.44. The Bertz CT molecular complexity index is 606. The Labute approximate surface area is 131 Å². The van der Waals surface area contributed by atoms with Crippen LogP contribution in [0.4, 0.5) is 5.69 Å². The molecule has 0 aliphatic rings. The molecule has 3 N–H and O–H groups in total. The van der Waals surface area contributed by atoms with E-state index in [4.69, 9.17) is 0 Å². The number of rotatable bonds is 6. The maximum absolute atomic E-state index is 11.8. The Morgan fingerprint density at radius 2 is 1.73 bits per heavy atom. The number of aliphatic hydroxyl groups excluding tert-OH is 1. The molecule has 22 heavy (non-hydrogen) atoms. The van der Waals surface area contributed by atoms with Crippen LogP contribution in [0.2, 0.25) is 0 Å². The number of benzene rings is 2. The molecule has 116 valence electrons. The average Bonchev–Trinajstić information content (AvgIpc) is 2.50. The molecule has 0 bridgehead atoms. The summed E-state index contributed by atoms with van der Waals surface area (Å²) in [4.78, 5) is 11.8. The van der Waals surface area contributed by atoms with Crippen LogP contribution in [0.5, 0.6) is 0 Å². The van der Waals surface area contributed by atoms with Gasteiger partial charge < -0.3 is 15.7 Å². The third kappa shape index (κ3) is 4.90. The number of anilines is 1. The van der Waals surface area contributed by atoms with Crippen LogP contribution in [-0.4, -0.2) is 24.1 Å². The number of hydrogen-bond donors (Lipinski definition) is 3. The molecule has 1 amide bonds. The van der Waals surface area contributed by atoms with Crippen molar-refractivity contribution in [2.75, 3.05) is 18.4 Å². The molecule has 0 saturated heterocycles. The smallest absolute Gasteiger partial charge is 0.239 e. The highest BCUT2D eigenvalue weighted by Crippen LogP contribution is 2.13. The second-order valence-electron chi connectivity index (χ2n) is 5.46. The molecule has 0 aromatic heterocycles. The van der Waals surface area contributed by atoms with Crippen molar-refractivity contribution in [3.05, 3.63) is 65.2 Å². The molecule has 0 aliphatic heterocycles. The summed E-state index contributed by atoms with van der Waals surface area (Å²) in [5, 5.41) is 15.8. The van der Waals surface area contributed by atoms with E-state index in [9.17, 15) is 9.90 Å². The molecule has 4 nitrogen and oxygen atoms in total. The summed E-state index contributed by atoms with van der Waals surface area (Å²) in [6.07, 6.45) is -0.689. The SMILES string of the molecule is Cc1cc(C)cc(NCC(=O)NCC(O)c2ccccc2)c1. The topological polar surface area (TPSA) is 61.4 Å². The number of amides is 1. The highest BCUT2D eigenvalue weighted by molar-refractivity contribution is 5.80. The zero-order valence-corrected chi connectivity index (χ0v) is 13.0. The molecule has 4 heteroatoms. The number of aliphatic hydroxyl groups is 1. The molecule has 2 rings (SSSR count). The second kappa shape index (κ2) is 7.61. The van der Waals surface area contributed by atoms with Crippen molar-refractivity contribution in [2.24, 2.45) is 0 Å². The van der Waals surface area contributed by atoms with Crippen LogP contribution in [0.3, 0.4) is 0 Å². The maximum atomic E-state index is 11.8. The lowest BCUT2D eigenvalue weighted by molar-refractivity contribution is -0.119. The van der Waals surface area contributed by atoms with E-state index >= 15 is 0 Å². The Hall–Kier alpha value is -2.33. The van der Waals surface area contributed by atoms with Crippen molar-refractivity contribution >= 4 is 11.6 Å². The standard InChI is InChI=1S/C18H22N2O2/c1-13-8-14(2)10-16(9-13)19-12-18(22)20-11-17(21)15-6-4-3-5-7-15/h3-10,17,19,21H,11-12H2,1-2H3,(H,20,22). The monoisotopic (exact) mass is 298 g/mol. The zero-order valence-electron chi connectivity index (χ0n) is 13.0. The lowest BCUT2D eigenvalue weighted by Gasteiger charge is -2.13. The van der Waals surface area contributed by atoms with E-state index in [0.717, 1.165) is 22.4 Å². The fourth-order valence-corrected chi connectivity index (χ4v) is 2.33. The van der Waals surface area contributed by atoms with Gasteiger partial charge in [-0.3, -0.25) is 4.79 Å². The number of hydrogen-bond acceptors (Lipinski definition) is 3. The first-order valence-corrected chi connectivity index (χ1v) is 7.36. The van der Waals surface area contributed by atoms with Crippen LogP contribution < -0.4 is 10.6 Å². The van der Waals surface area contributed by atoms with Gasteiger partial charge in [0.05, 0.1) is 12.6 Å². The Kier molecular flexibility index (Phi) is 5.55. The lowest BCUT2D eigenvalue weighted by Crippen LogP contribution is -2.33. The van der Waals surface area contributed by atoms with Crippen molar-refractivity contribution in [3.8, 4) is 0 Å². The molecule has 2 aromatic rings. The molecule has 0 saturated carbocycles. The van der Waals surface area contributed by atoms with Crippen molar-refractivity contribution in [1.29, 1.82) is 0 Å². The van der Waals surface area contributed by atoms with E-state index in [-0.39, 0.29) is 19.0 Å². The molecule has 1 unspecified atom stereocenters. The molecule has 1 atom stereocenters. The highest BCUT2D eigenvalue weighted by atomic mass is 16.3. The van der Waals surface area contributed by atoms with E-state index < -0.39 is 6.10 Å². The fraction of sp³-hybridized carbons (Fsp3) is 0.278. The van der Waals surface area contributed by atoms with E-state index in [1.165, 1.54) is 0 Å². The van der Waals surface area contributed by atoms with E-state index in [2.05, 4.69) is 16.7 Å². The molecule has 0 heterocycles. The average molecular weight is 298 g/mol. The van der Waals surface area contributed by atoms with Gasteiger partial charge in [0, 0.05) is 12.2 Å². The minimum Gasteiger partial charge on any atom is -0.387 e. The van der Waals surface area contributed by atoms with Gasteiger partial charge in [0.25, 0.3) is 0 Å². The van der Waals surface area contributed by atoms with Gasteiger partial charge in [-0.05, 0) is 42.7 Å². The zero-order chi connectivity index (χ0) is 15.9. The van der Waals surface area contributed by atoms with Crippen LogP contribution in [0.15, 0.2) is 48.5 Å². The van der Waals surface area contributed by atoms with Crippen LogP contribution in [-0.2, 0) is 4.79 Å². The van der Waals surface area contributed by atoms with Gasteiger partial charge in [-0.2, -0.15) is 0 Å². The number of aryl methyl sites for hydroxylation is 2. The van der Waals surface area contributed by atoms with E-state index in [1.807, 2.05) is 56.3 Å². The Morgan fingerprint density at radius 3 is 2.36 bits per heavy atom. The van der Waals surface area contributed by atoms with Gasteiger partial charge in [0.15, 0.2) is 0 Å². The largest absolute Gasteiger partial charge is 0.387 e. The molecule has 0 radical (unpaired) electrons. The van der Waals surface area contributed by atoms with Crippen molar-refractivity contribution in [3.63, 3.8) is 0 Å². The van der Waals surface area contributed by atoms with Gasteiger partial charge in [-0.15, -0.1) is 0 Å². The quantitative estimate of drug-likeness (QED) is 0.768. The number of carbonyl (C=O) groups is 1. The van der Waals surface area contributed by atoms with Crippen molar-refractivity contribution < 1.29 is 9.90 Å². The summed E-state index contributed by atoms with van der Waals surface area (Å²) in [7, 11) is 0. The summed E-state index contributed by atoms with van der Waals surface area (Å²) in [5.41, 5.74) is 4.03. The van der Waals surface area contributed by atoms with Crippen LogP contribution >= 0.6 is 0 Å². The molecule has 0 spiro atoms. The van der Waals surface area contributed by atoms with Gasteiger partial charge in [-0.1, -0.05) is 36.4 Å². The third-order valence-corrected chi connectivity index (χ3v) is 3.35. The first kappa shape index (κ1) is 16.0. The van der Waals surface area contributed by atoms with E-state index in [1.54, 1.807) is 0 Å². The molecular weight excluding hydrogens is 276 g/mol. The fourth-order valence-electron chi connectivity index (χ4n) is 2.33. The predicted molar refractivity (Wildman–Crippen MR) is 88.8 cm³/mol. The van der Waals surface area contributed by atoms with Crippen LogP contribution in [0.1, 0.15) is 22.8 Å². The van der Waals surface area contributed by atoms with Gasteiger partial charge >= 0.3 is 0 Å². The molecule has 2 aromatic carbocycles. The first-order chi connectivity index (χ1) is 10.5. The van der Waals surface area contributed by atoms with Crippen molar-refractivity contribution in [1.82, 2.24) is 5.32 Å². The summed E-state index contributed by atoms with van der Waals surface area (Å²) in [6, 6.07) is 15.4. The molecule has 0 aliphatic carbocycles. The minimum absolute atomic E-state index is 0.144. The summed E-state index contributed by atoms with van der Waals surface area (Å²) in [5.74, 6) is -0.144. The number of nitrogens with one attached hydrogen (secondary N) is 2. The van der Waals surface area contributed by atoms with Gasteiger partial charge in [0.2, 0.25) is 5.91 Å². The Morgan fingerprint density at radius 1 is 1.09 bits per heavy atom. The maximum Gasteiger partial charge on any atom is 0.239 e. The van der Waals surface area contributed by atoms with E-state index in [0.29, 0.717) is 0 Å². The van der Waals surface area contributed by atoms with Crippen LogP contribution in [0.25, 0.3) is 0 Å². The van der Waals surface area contributed by atoms with Gasteiger partial charge in [-0.25, -0.2) is 0 Å².